The van der Waals surface area contributed by atoms with Crippen molar-refractivity contribution in [1.82, 2.24) is 5.32 Å². The Morgan fingerprint density at radius 3 is 2.44 bits per heavy atom. The molecule has 0 aromatic heterocycles. The Balaban J connectivity index is 2.98. The minimum Gasteiger partial charge on any atom is -0.468 e. The molecular weight excluding hydrogens is 277 g/mol. The average molecular weight is 292 g/mol. The number of carbonyl (C=O) groups excluding carboxylic acids is 1. The van der Waals surface area contributed by atoms with Gasteiger partial charge in [-0.1, -0.05) is 29.3 Å². The molecule has 0 spiro atoms. The van der Waals surface area contributed by atoms with Gasteiger partial charge in [0.15, 0.2) is 0 Å². The van der Waals surface area contributed by atoms with Crippen LogP contribution < -0.4 is 5.32 Å². The molecule has 100 valence electrons. The number of esters is 1. The van der Waals surface area contributed by atoms with Gasteiger partial charge < -0.3 is 9.47 Å². The highest BCUT2D eigenvalue weighted by atomic mass is 35.5. The molecule has 0 aliphatic carbocycles. The zero-order valence-corrected chi connectivity index (χ0v) is 11.7. The van der Waals surface area contributed by atoms with E-state index in [0.29, 0.717) is 28.8 Å². The van der Waals surface area contributed by atoms with Gasteiger partial charge in [0.05, 0.1) is 13.7 Å². The van der Waals surface area contributed by atoms with Gasteiger partial charge in [-0.25, -0.2) is 4.79 Å². The lowest BCUT2D eigenvalue weighted by Gasteiger charge is -2.19. The van der Waals surface area contributed by atoms with Crippen molar-refractivity contribution in [3.8, 4) is 0 Å². The second-order valence-electron chi connectivity index (χ2n) is 3.54. The molecule has 1 N–H and O–H groups in total. The third kappa shape index (κ3) is 3.85. The summed E-state index contributed by atoms with van der Waals surface area (Å²) in [5.41, 5.74) is 0.517. The number of ether oxygens (including phenoxy) is 2. The molecule has 0 radical (unpaired) electrons. The monoisotopic (exact) mass is 291 g/mol. The van der Waals surface area contributed by atoms with E-state index >= 15 is 0 Å². The summed E-state index contributed by atoms with van der Waals surface area (Å²) >= 11 is 12.1. The maximum atomic E-state index is 11.8. The number of carbonyl (C=O) groups is 1. The SMILES string of the molecule is COCCNC(C(=O)OC)c1c(Cl)cccc1Cl. The summed E-state index contributed by atoms with van der Waals surface area (Å²) in [6.07, 6.45) is 0. The van der Waals surface area contributed by atoms with Gasteiger partial charge in [-0.05, 0) is 12.1 Å². The number of rotatable bonds is 6. The Morgan fingerprint density at radius 1 is 1.33 bits per heavy atom. The van der Waals surface area contributed by atoms with Crippen molar-refractivity contribution in [2.45, 2.75) is 6.04 Å². The number of hydrogen-bond donors (Lipinski definition) is 1. The fourth-order valence-corrected chi connectivity index (χ4v) is 2.13. The van der Waals surface area contributed by atoms with Crippen molar-refractivity contribution in [1.29, 1.82) is 0 Å². The summed E-state index contributed by atoms with van der Waals surface area (Å²) < 4.78 is 9.67. The highest BCUT2D eigenvalue weighted by Crippen LogP contribution is 2.30. The fraction of sp³-hybridized carbons (Fsp3) is 0.417. The first-order chi connectivity index (χ1) is 8.61. The van der Waals surface area contributed by atoms with Crippen molar-refractivity contribution in [2.24, 2.45) is 0 Å². The summed E-state index contributed by atoms with van der Waals surface area (Å²) in [4.78, 5) is 11.8. The minimum absolute atomic E-state index is 0.419. The summed E-state index contributed by atoms with van der Waals surface area (Å²) in [7, 11) is 2.90. The van der Waals surface area contributed by atoms with E-state index in [0.717, 1.165) is 0 Å². The van der Waals surface area contributed by atoms with Gasteiger partial charge in [0.2, 0.25) is 0 Å². The van der Waals surface area contributed by atoms with E-state index in [4.69, 9.17) is 32.7 Å². The molecule has 0 bridgehead atoms. The number of benzene rings is 1. The molecule has 4 nitrogen and oxygen atoms in total. The number of methoxy groups -OCH3 is 2. The van der Waals surface area contributed by atoms with Gasteiger partial charge in [-0.15, -0.1) is 0 Å². The van der Waals surface area contributed by atoms with Crippen molar-refractivity contribution in [3.05, 3.63) is 33.8 Å². The van der Waals surface area contributed by atoms with Crippen LogP contribution in [0.25, 0.3) is 0 Å². The first-order valence-corrected chi connectivity index (χ1v) is 6.11. The van der Waals surface area contributed by atoms with Crippen molar-refractivity contribution in [3.63, 3.8) is 0 Å². The Bertz CT molecular complexity index is 392. The molecule has 0 amide bonds. The molecule has 6 heteroatoms. The molecule has 18 heavy (non-hydrogen) atoms. The maximum absolute atomic E-state index is 11.8. The predicted octanol–water partition coefficient (Wildman–Crippen LogP) is 2.44. The van der Waals surface area contributed by atoms with Crippen LogP contribution in [-0.4, -0.2) is 33.3 Å². The molecule has 1 rings (SSSR count). The van der Waals surface area contributed by atoms with Gasteiger partial charge in [-0.2, -0.15) is 0 Å². The standard InChI is InChI=1S/C12H15Cl2NO3/c1-17-7-6-15-11(12(16)18-2)10-8(13)4-3-5-9(10)14/h3-5,11,15H,6-7H2,1-2H3. The topological polar surface area (TPSA) is 47.6 Å². The van der Waals surface area contributed by atoms with Crippen molar-refractivity contribution < 1.29 is 14.3 Å². The molecule has 1 unspecified atom stereocenters. The lowest BCUT2D eigenvalue weighted by molar-refractivity contribution is -0.143. The van der Waals surface area contributed by atoms with Crippen molar-refractivity contribution >= 4 is 29.2 Å². The normalized spacial score (nSPS) is 12.2. The quantitative estimate of drug-likeness (QED) is 0.646. The first-order valence-electron chi connectivity index (χ1n) is 5.35. The van der Waals surface area contributed by atoms with Crippen LogP contribution in [0.3, 0.4) is 0 Å². The van der Waals surface area contributed by atoms with Gasteiger partial charge in [0.1, 0.15) is 6.04 Å². The van der Waals surface area contributed by atoms with E-state index in [1.54, 1.807) is 25.3 Å². The molecule has 0 aliphatic heterocycles. The minimum atomic E-state index is -0.702. The van der Waals surface area contributed by atoms with E-state index in [9.17, 15) is 4.79 Å². The van der Waals surface area contributed by atoms with Crippen LogP contribution in [0.15, 0.2) is 18.2 Å². The zero-order valence-electron chi connectivity index (χ0n) is 10.2. The van der Waals surface area contributed by atoms with Crippen LogP contribution in [-0.2, 0) is 14.3 Å². The van der Waals surface area contributed by atoms with Gasteiger partial charge in [0.25, 0.3) is 0 Å². The predicted molar refractivity (Wildman–Crippen MR) is 71.1 cm³/mol. The summed E-state index contributed by atoms with van der Waals surface area (Å²) in [6, 6.07) is 4.37. The summed E-state index contributed by atoms with van der Waals surface area (Å²) in [5, 5.41) is 3.84. The van der Waals surface area contributed by atoms with E-state index in [2.05, 4.69) is 5.32 Å². The van der Waals surface area contributed by atoms with Gasteiger partial charge in [0, 0.05) is 29.3 Å². The highest BCUT2D eigenvalue weighted by molar-refractivity contribution is 6.36. The maximum Gasteiger partial charge on any atom is 0.327 e. The van der Waals surface area contributed by atoms with E-state index < -0.39 is 12.0 Å². The molecule has 0 saturated carbocycles. The van der Waals surface area contributed by atoms with Crippen LogP contribution >= 0.6 is 23.2 Å². The largest absolute Gasteiger partial charge is 0.468 e. The smallest absolute Gasteiger partial charge is 0.327 e. The number of nitrogens with one attached hydrogen (secondary N) is 1. The lowest BCUT2D eigenvalue weighted by atomic mass is 10.1. The van der Waals surface area contributed by atoms with Crippen LogP contribution in [0.2, 0.25) is 10.0 Å². The Labute approximate surface area is 116 Å². The molecular formula is C12H15Cl2NO3. The van der Waals surface area contributed by atoms with Crippen LogP contribution in [0.5, 0.6) is 0 Å². The number of halogens is 2. The second kappa shape index (κ2) is 7.59. The first kappa shape index (κ1) is 15.2. The molecule has 0 fully saturated rings. The van der Waals surface area contributed by atoms with Gasteiger partial charge >= 0.3 is 5.97 Å². The lowest BCUT2D eigenvalue weighted by Crippen LogP contribution is -2.32. The molecule has 1 aromatic carbocycles. The molecule has 1 atom stereocenters. The van der Waals surface area contributed by atoms with E-state index in [1.165, 1.54) is 7.11 Å². The molecule has 1 aromatic rings. The van der Waals surface area contributed by atoms with Crippen LogP contribution in [0, 0.1) is 0 Å². The number of hydrogen-bond acceptors (Lipinski definition) is 4. The summed E-state index contributed by atoms with van der Waals surface area (Å²) in [6.45, 7) is 0.952. The molecule has 0 saturated heterocycles. The zero-order chi connectivity index (χ0) is 13.5. The van der Waals surface area contributed by atoms with E-state index in [-0.39, 0.29) is 0 Å². The fourth-order valence-electron chi connectivity index (χ4n) is 1.51. The van der Waals surface area contributed by atoms with Crippen molar-refractivity contribution in [2.75, 3.05) is 27.4 Å². The molecule has 0 aliphatic rings. The third-order valence-corrected chi connectivity index (χ3v) is 3.04. The highest BCUT2D eigenvalue weighted by Gasteiger charge is 2.25. The van der Waals surface area contributed by atoms with Gasteiger partial charge in [-0.3, -0.25) is 5.32 Å². The third-order valence-electron chi connectivity index (χ3n) is 2.38. The Kier molecular flexibility index (Phi) is 6.43. The van der Waals surface area contributed by atoms with Crippen LogP contribution in [0.4, 0.5) is 0 Å². The Hall–Kier alpha value is -0.810. The molecule has 0 heterocycles. The Morgan fingerprint density at radius 2 is 1.94 bits per heavy atom. The van der Waals surface area contributed by atoms with E-state index in [1.807, 2.05) is 0 Å². The summed E-state index contributed by atoms with van der Waals surface area (Å²) in [5.74, 6) is -0.443. The van der Waals surface area contributed by atoms with Crippen LogP contribution in [0.1, 0.15) is 11.6 Å². The second-order valence-corrected chi connectivity index (χ2v) is 4.35. The average Bonchev–Trinajstić information content (AvgIpc) is 2.36.